The van der Waals surface area contributed by atoms with E-state index in [0.29, 0.717) is 18.7 Å². The Bertz CT molecular complexity index is 793. The fourth-order valence-electron chi connectivity index (χ4n) is 2.77. The number of rotatable bonds is 5. The maximum atomic E-state index is 12.3. The average Bonchev–Trinajstić information content (AvgIpc) is 2.55. The lowest BCUT2D eigenvalue weighted by Crippen LogP contribution is -2.29. The van der Waals surface area contributed by atoms with E-state index in [2.05, 4.69) is 20.8 Å². The zero-order valence-electron chi connectivity index (χ0n) is 12.9. The SMILES string of the molecule is Cc1nccnc1S(=O)(=O)NCCC1OCCc2ccccc21. The summed E-state index contributed by atoms with van der Waals surface area (Å²) in [6.45, 7) is 2.58. The number of sulfonamides is 1. The molecule has 2 aromatic rings. The predicted octanol–water partition coefficient (Wildman–Crippen LogP) is 1.77. The van der Waals surface area contributed by atoms with Crippen molar-refractivity contribution in [1.29, 1.82) is 0 Å². The summed E-state index contributed by atoms with van der Waals surface area (Å²) >= 11 is 0. The van der Waals surface area contributed by atoms with Gasteiger partial charge in [0.1, 0.15) is 0 Å². The first-order chi connectivity index (χ1) is 11.1. The summed E-state index contributed by atoms with van der Waals surface area (Å²) in [7, 11) is -3.65. The monoisotopic (exact) mass is 333 g/mol. The lowest BCUT2D eigenvalue weighted by atomic mass is 9.96. The number of aryl methyl sites for hydroxylation is 1. The lowest BCUT2D eigenvalue weighted by Gasteiger charge is -2.26. The minimum atomic E-state index is -3.65. The van der Waals surface area contributed by atoms with E-state index in [1.54, 1.807) is 6.92 Å². The molecule has 1 N–H and O–H groups in total. The maximum absolute atomic E-state index is 12.3. The van der Waals surface area contributed by atoms with Crippen LogP contribution < -0.4 is 4.72 Å². The van der Waals surface area contributed by atoms with Gasteiger partial charge in [-0.2, -0.15) is 0 Å². The fraction of sp³-hybridized carbons (Fsp3) is 0.375. The van der Waals surface area contributed by atoms with Crippen molar-refractivity contribution in [2.45, 2.75) is 30.9 Å². The van der Waals surface area contributed by atoms with Crippen LogP contribution in [0.2, 0.25) is 0 Å². The van der Waals surface area contributed by atoms with Crippen molar-refractivity contribution in [3.8, 4) is 0 Å². The molecular formula is C16H19N3O3S. The molecule has 1 unspecified atom stereocenters. The third kappa shape index (κ3) is 3.57. The van der Waals surface area contributed by atoms with Gasteiger partial charge in [-0.1, -0.05) is 24.3 Å². The number of fused-ring (bicyclic) bond motifs is 1. The van der Waals surface area contributed by atoms with Crippen LogP contribution in [0.25, 0.3) is 0 Å². The predicted molar refractivity (Wildman–Crippen MR) is 85.4 cm³/mol. The minimum Gasteiger partial charge on any atom is -0.373 e. The standard InChI is InChI=1S/C16H19N3O3S/c1-12-16(18-10-9-17-12)23(20,21)19-8-6-15-14-5-3-2-4-13(14)7-11-22-15/h2-5,9-10,15,19H,6-8,11H2,1H3. The summed E-state index contributed by atoms with van der Waals surface area (Å²) < 4.78 is 32.9. The molecule has 0 radical (unpaired) electrons. The van der Waals surface area contributed by atoms with Gasteiger partial charge in [-0.15, -0.1) is 0 Å². The largest absolute Gasteiger partial charge is 0.373 e. The van der Waals surface area contributed by atoms with Gasteiger partial charge in [-0.05, 0) is 30.9 Å². The van der Waals surface area contributed by atoms with Crippen molar-refractivity contribution >= 4 is 10.0 Å². The Balaban J connectivity index is 1.65. The van der Waals surface area contributed by atoms with E-state index in [1.165, 1.54) is 18.0 Å². The summed E-state index contributed by atoms with van der Waals surface area (Å²) in [6.07, 6.45) is 4.25. The lowest BCUT2D eigenvalue weighted by molar-refractivity contribution is 0.0377. The van der Waals surface area contributed by atoms with Crippen molar-refractivity contribution in [3.63, 3.8) is 0 Å². The van der Waals surface area contributed by atoms with Gasteiger partial charge in [0.05, 0.1) is 18.4 Å². The highest BCUT2D eigenvalue weighted by Gasteiger charge is 2.22. The Hall–Kier alpha value is -1.83. The first-order valence-corrected chi connectivity index (χ1v) is 9.03. The van der Waals surface area contributed by atoms with Crippen molar-refractivity contribution in [1.82, 2.24) is 14.7 Å². The summed E-state index contributed by atoms with van der Waals surface area (Å²) in [5.41, 5.74) is 2.81. The molecule has 1 aliphatic rings. The second-order valence-electron chi connectivity index (χ2n) is 5.44. The highest BCUT2D eigenvalue weighted by Crippen LogP contribution is 2.29. The summed E-state index contributed by atoms with van der Waals surface area (Å²) in [6, 6.07) is 8.13. The summed E-state index contributed by atoms with van der Waals surface area (Å²) in [5.74, 6) is 0. The molecule has 3 rings (SSSR count). The molecule has 0 spiro atoms. The molecule has 7 heteroatoms. The molecule has 1 aromatic carbocycles. The van der Waals surface area contributed by atoms with Crippen LogP contribution in [0, 0.1) is 6.92 Å². The number of nitrogens with zero attached hydrogens (tertiary/aromatic N) is 2. The van der Waals surface area contributed by atoms with Crippen LogP contribution in [0.4, 0.5) is 0 Å². The van der Waals surface area contributed by atoms with Crippen LogP contribution >= 0.6 is 0 Å². The third-order valence-corrected chi connectivity index (χ3v) is 5.38. The van der Waals surface area contributed by atoms with E-state index in [4.69, 9.17) is 4.74 Å². The van der Waals surface area contributed by atoms with E-state index >= 15 is 0 Å². The molecule has 1 aliphatic heterocycles. The summed E-state index contributed by atoms with van der Waals surface area (Å²) in [4.78, 5) is 7.87. The molecule has 122 valence electrons. The van der Waals surface area contributed by atoms with E-state index in [-0.39, 0.29) is 17.7 Å². The van der Waals surface area contributed by atoms with Crippen molar-refractivity contribution < 1.29 is 13.2 Å². The fourth-order valence-corrected chi connectivity index (χ4v) is 3.93. The molecule has 23 heavy (non-hydrogen) atoms. The van der Waals surface area contributed by atoms with Gasteiger partial charge in [0.2, 0.25) is 0 Å². The molecule has 0 saturated carbocycles. The van der Waals surface area contributed by atoms with Crippen molar-refractivity contribution in [2.75, 3.05) is 13.2 Å². The third-order valence-electron chi connectivity index (χ3n) is 3.88. The number of aromatic nitrogens is 2. The van der Waals surface area contributed by atoms with Gasteiger partial charge in [0.15, 0.2) is 5.03 Å². The quantitative estimate of drug-likeness (QED) is 0.902. The van der Waals surface area contributed by atoms with Crippen LogP contribution in [0.1, 0.15) is 29.3 Å². The number of benzene rings is 1. The smallest absolute Gasteiger partial charge is 0.259 e. The van der Waals surface area contributed by atoms with Gasteiger partial charge >= 0.3 is 0 Å². The molecule has 1 aromatic heterocycles. The van der Waals surface area contributed by atoms with E-state index in [0.717, 1.165) is 12.0 Å². The molecule has 0 amide bonds. The van der Waals surface area contributed by atoms with Crippen molar-refractivity contribution in [2.24, 2.45) is 0 Å². The number of hydrogen-bond acceptors (Lipinski definition) is 5. The van der Waals surface area contributed by atoms with E-state index < -0.39 is 10.0 Å². The maximum Gasteiger partial charge on any atom is 0.259 e. The number of ether oxygens (including phenoxy) is 1. The zero-order valence-corrected chi connectivity index (χ0v) is 13.7. The molecular weight excluding hydrogens is 314 g/mol. The highest BCUT2D eigenvalue weighted by molar-refractivity contribution is 7.89. The Morgan fingerprint density at radius 3 is 2.87 bits per heavy atom. The summed E-state index contributed by atoms with van der Waals surface area (Å²) in [5, 5.41) is -0.0232. The molecule has 1 atom stereocenters. The number of nitrogens with one attached hydrogen (secondary N) is 1. The first kappa shape index (κ1) is 16.0. The molecule has 0 fully saturated rings. The number of hydrogen-bond donors (Lipinski definition) is 1. The van der Waals surface area contributed by atoms with Gasteiger partial charge < -0.3 is 4.74 Å². The molecule has 6 nitrogen and oxygen atoms in total. The average molecular weight is 333 g/mol. The van der Waals surface area contributed by atoms with Crippen LogP contribution in [0.15, 0.2) is 41.7 Å². The Morgan fingerprint density at radius 2 is 2.04 bits per heavy atom. The normalized spacial score (nSPS) is 17.7. The van der Waals surface area contributed by atoms with Crippen LogP contribution in [-0.4, -0.2) is 31.5 Å². The van der Waals surface area contributed by atoms with Gasteiger partial charge in [-0.25, -0.2) is 18.1 Å². The van der Waals surface area contributed by atoms with Crippen molar-refractivity contribution in [3.05, 3.63) is 53.5 Å². The first-order valence-electron chi connectivity index (χ1n) is 7.54. The minimum absolute atomic E-state index is 0.0232. The van der Waals surface area contributed by atoms with Crippen LogP contribution in [0.3, 0.4) is 0 Å². The molecule has 2 heterocycles. The molecule has 0 aliphatic carbocycles. The molecule has 0 bridgehead atoms. The Kier molecular flexibility index (Phi) is 4.70. The van der Waals surface area contributed by atoms with Gasteiger partial charge in [0, 0.05) is 18.9 Å². The second kappa shape index (κ2) is 6.74. The molecule has 0 saturated heterocycles. The van der Waals surface area contributed by atoms with Gasteiger partial charge in [-0.3, -0.25) is 4.98 Å². The highest BCUT2D eigenvalue weighted by atomic mass is 32.2. The van der Waals surface area contributed by atoms with Crippen LogP contribution in [0.5, 0.6) is 0 Å². The van der Waals surface area contributed by atoms with E-state index in [9.17, 15) is 8.42 Å². The second-order valence-corrected chi connectivity index (χ2v) is 7.12. The van der Waals surface area contributed by atoms with Gasteiger partial charge in [0.25, 0.3) is 10.0 Å². The van der Waals surface area contributed by atoms with Crippen LogP contribution in [-0.2, 0) is 21.2 Å². The topological polar surface area (TPSA) is 81.2 Å². The Morgan fingerprint density at radius 1 is 1.26 bits per heavy atom. The van der Waals surface area contributed by atoms with E-state index in [1.807, 2.05) is 18.2 Å². The Labute approximate surface area is 136 Å². The zero-order chi connectivity index (χ0) is 16.3.